The molecule has 3 aliphatic rings. The third-order valence-electron chi connectivity index (χ3n) is 8.47. The molecule has 3 aliphatic heterocycles. The number of carbonyl (C=O) groups excluding carboxylic acids is 2. The van der Waals surface area contributed by atoms with Crippen LogP contribution in [0.2, 0.25) is 0 Å². The lowest BCUT2D eigenvalue weighted by atomic mass is 9.86. The quantitative estimate of drug-likeness (QED) is 0.380. The summed E-state index contributed by atoms with van der Waals surface area (Å²) in [6.45, 7) is 9.90. The number of cyclic esters (lactones) is 1. The molecule has 0 aliphatic carbocycles. The van der Waals surface area contributed by atoms with Crippen molar-refractivity contribution in [1.82, 2.24) is 19.4 Å². The van der Waals surface area contributed by atoms with E-state index in [1.807, 2.05) is 25.1 Å². The zero-order valence-electron chi connectivity index (χ0n) is 23.2. The van der Waals surface area contributed by atoms with Gasteiger partial charge in [0, 0.05) is 42.7 Å². The van der Waals surface area contributed by atoms with Gasteiger partial charge in [0.15, 0.2) is 5.60 Å². The molecule has 1 atom stereocenters. The molecule has 3 aromatic rings. The van der Waals surface area contributed by atoms with Crippen molar-refractivity contribution in [3.63, 3.8) is 0 Å². The number of amides is 1. The zero-order valence-corrected chi connectivity index (χ0v) is 23.2. The number of hydrogen-bond acceptors (Lipinski definition) is 8. The fraction of sp³-hybridized carbons (Fsp3) is 0.467. The summed E-state index contributed by atoms with van der Waals surface area (Å²) < 4.78 is 12.7. The van der Waals surface area contributed by atoms with Crippen LogP contribution in [0, 0.1) is 0 Å². The number of nitrogens with zero attached hydrogens (tertiary/aromatic N) is 4. The molecular weight excluding hydrogens is 512 g/mol. The van der Waals surface area contributed by atoms with Gasteiger partial charge in [-0.15, -0.1) is 0 Å². The largest absolute Gasteiger partial charge is 0.458 e. The summed E-state index contributed by atoms with van der Waals surface area (Å²) in [5, 5.41) is 11.8. The summed E-state index contributed by atoms with van der Waals surface area (Å²) >= 11 is 0. The van der Waals surface area contributed by atoms with E-state index in [4.69, 9.17) is 14.5 Å². The van der Waals surface area contributed by atoms with Crippen LogP contribution < -0.4 is 10.3 Å². The van der Waals surface area contributed by atoms with Gasteiger partial charge in [-0.05, 0) is 49.6 Å². The second kappa shape index (κ2) is 10.0. The van der Waals surface area contributed by atoms with E-state index in [0.717, 1.165) is 37.2 Å². The van der Waals surface area contributed by atoms with E-state index in [9.17, 15) is 19.5 Å². The molecule has 5 heterocycles. The highest BCUT2D eigenvalue weighted by Crippen LogP contribution is 2.40. The smallest absolute Gasteiger partial charge is 0.415 e. The molecule has 0 unspecified atom stereocenters. The third-order valence-corrected chi connectivity index (χ3v) is 8.47. The molecule has 10 nitrogen and oxygen atoms in total. The second-order valence-corrected chi connectivity index (χ2v) is 10.8. The van der Waals surface area contributed by atoms with Gasteiger partial charge in [0.05, 0.1) is 29.0 Å². The number of piperazine rings is 1. The van der Waals surface area contributed by atoms with Crippen molar-refractivity contribution in [1.29, 1.82) is 0 Å². The molecule has 1 saturated heterocycles. The summed E-state index contributed by atoms with van der Waals surface area (Å²) in [5.74, 6) is -0.312. The van der Waals surface area contributed by atoms with Crippen molar-refractivity contribution in [2.45, 2.75) is 58.8 Å². The third kappa shape index (κ3) is 4.08. The van der Waals surface area contributed by atoms with Crippen LogP contribution in [0.4, 0.5) is 4.79 Å². The summed E-state index contributed by atoms with van der Waals surface area (Å²) in [4.78, 5) is 48.2. The van der Waals surface area contributed by atoms with Crippen molar-refractivity contribution < 1.29 is 24.2 Å². The normalized spacial score (nSPS) is 20.2. The van der Waals surface area contributed by atoms with Gasteiger partial charge in [0.1, 0.15) is 12.4 Å². The molecule has 10 heteroatoms. The molecule has 210 valence electrons. The Morgan fingerprint density at radius 3 is 2.60 bits per heavy atom. The van der Waals surface area contributed by atoms with Gasteiger partial charge in [-0.2, -0.15) is 0 Å². The summed E-state index contributed by atoms with van der Waals surface area (Å²) in [6.07, 6.45) is 1.51. The molecule has 1 aromatic carbocycles. The monoisotopic (exact) mass is 546 g/mol. The average Bonchev–Trinajstić information content (AvgIpc) is 3.33. The molecule has 1 fully saturated rings. The number of aryl methyl sites for hydroxylation is 1. The highest BCUT2D eigenvalue weighted by Gasteiger charge is 2.45. The number of ether oxygens (including phenoxy) is 2. The molecule has 0 radical (unpaired) electrons. The van der Waals surface area contributed by atoms with E-state index in [2.05, 4.69) is 11.8 Å². The fourth-order valence-corrected chi connectivity index (χ4v) is 6.10. The predicted molar refractivity (Wildman–Crippen MR) is 148 cm³/mol. The Balaban J connectivity index is 1.39. The minimum atomic E-state index is -1.88. The van der Waals surface area contributed by atoms with E-state index < -0.39 is 11.6 Å². The van der Waals surface area contributed by atoms with Crippen molar-refractivity contribution in [3.05, 3.63) is 56.9 Å². The van der Waals surface area contributed by atoms with Crippen LogP contribution in [0.5, 0.6) is 5.75 Å². The second-order valence-electron chi connectivity index (χ2n) is 10.8. The molecule has 0 spiro atoms. The standard InChI is InChI=1S/C30H34N4O6/c1-4-9-32-10-12-33(13-11-32)29(37)40-24-8-7-18(5-2)25-20(24)14-19-16-34-23(26(19)31-25)15-22-21(27(34)35)17-39-28(36)30(22,38)6-3/h7-8,14-15,38H,4-6,9-13,16-17H2,1-3H3/t30-/m0/s1. The molecule has 0 bridgehead atoms. The molecule has 1 amide bonds. The van der Waals surface area contributed by atoms with Gasteiger partial charge in [-0.1, -0.05) is 26.8 Å². The highest BCUT2D eigenvalue weighted by molar-refractivity contribution is 5.93. The van der Waals surface area contributed by atoms with Gasteiger partial charge in [0.2, 0.25) is 0 Å². The van der Waals surface area contributed by atoms with Crippen LogP contribution in [0.3, 0.4) is 0 Å². The summed E-state index contributed by atoms with van der Waals surface area (Å²) in [5.41, 5.74) is 2.05. The van der Waals surface area contributed by atoms with E-state index in [1.54, 1.807) is 22.5 Å². The minimum absolute atomic E-state index is 0.0854. The Hall–Kier alpha value is -3.76. The van der Waals surface area contributed by atoms with Crippen molar-refractivity contribution in [2.24, 2.45) is 0 Å². The number of aliphatic hydroxyl groups is 1. The summed E-state index contributed by atoms with van der Waals surface area (Å²) in [6, 6.07) is 7.39. The number of benzene rings is 1. The van der Waals surface area contributed by atoms with Gasteiger partial charge in [-0.3, -0.25) is 9.69 Å². The van der Waals surface area contributed by atoms with Crippen LogP contribution in [0.15, 0.2) is 29.1 Å². The Bertz CT molecular complexity index is 1590. The maximum atomic E-state index is 13.5. The minimum Gasteiger partial charge on any atom is -0.458 e. The van der Waals surface area contributed by atoms with Crippen LogP contribution in [-0.2, 0) is 34.7 Å². The zero-order chi connectivity index (χ0) is 28.2. The first-order valence-electron chi connectivity index (χ1n) is 14.1. The average molecular weight is 547 g/mol. The lowest BCUT2D eigenvalue weighted by Crippen LogP contribution is -2.49. The Morgan fingerprint density at radius 2 is 1.90 bits per heavy atom. The first kappa shape index (κ1) is 26.5. The van der Waals surface area contributed by atoms with Crippen LogP contribution in [-0.4, -0.2) is 69.2 Å². The first-order valence-corrected chi connectivity index (χ1v) is 14.1. The number of fused-ring (bicyclic) bond motifs is 5. The van der Waals surface area contributed by atoms with Gasteiger partial charge < -0.3 is 24.0 Å². The lowest BCUT2D eigenvalue weighted by Gasteiger charge is -2.33. The molecule has 1 N–H and O–H groups in total. The van der Waals surface area contributed by atoms with Gasteiger partial charge in [0.25, 0.3) is 5.56 Å². The number of esters is 1. The Kier molecular flexibility index (Phi) is 6.62. The maximum absolute atomic E-state index is 13.5. The van der Waals surface area contributed by atoms with Crippen molar-refractivity contribution in [2.75, 3.05) is 32.7 Å². The number of hydrogen-bond donors (Lipinski definition) is 1. The van der Waals surface area contributed by atoms with E-state index in [0.29, 0.717) is 47.6 Å². The van der Waals surface area contributed by atoms with Crippen molar-refractivity contribution in [3.8, 4) is 17.1 Å². The predicted octanol–water partition coefficient (Wildman–Crippen LogP) is 3.17. The maximum Gasteiger partial charge on any atom is 0.415 e. The fourth-order valence-electron chi connectivity index (χ4n) is 6.10. The SMILES string of the molecule is CCCN1CCN(C(=O)Oc2ccc(CC)c3nc4c(cc23)Cn2c-4cc3c(c2=O)COC(=O)[C@]3(O)CC)CC1. The topological polar surface area (TPSA) is 114 Å². The van der Waals surface area contributed by atoms with E-state index in [1.165, 1.54) is 0 Å². The number of pyridine rings is 2. The van der Waals surface area contributed by atoms with Gasteiger partial charge >= 0.3 is 12.1 Å². The van der Waals surface area contributed by atoms with Gasteiger partial charge in [-0.25, -0.2) is 14.6 Å². The highest BCUT2D eigenvalue weighted by atomic mass is 16.6. The van der Waals surface area contributed by atoms with Crippen LogP contribution >= 0.6 is 0 Å². The number of aromatic nitrogens is 2. The van der Waals surface area contributed by atoms with E-state index in [-0.39, 0.29) is 42.4 Å². The number of rotatable bonds is 5. The Morgan fingerprint density at radius 1 is 1.12 bits per heavy atom. The lowest BCUT2D eigenvalue weighted by molar-refractivity contribution is -0.172. The van der Waals surface area contributed by atoms with E-state index >= 15 is 0 Å². The van der Waals surface area contributed by atoms with Crippen LogP contribution in [0.25, 0.3) is 22.3 Å². The van der Waals surface area contributed by atoms with Crippen LogP contribution in [0.1, 0.15) is 55.9 Å². The number of carbonyl (C=O) groups is 2. The molecule has 2 aromatic heterocycles. The Labute approximate surface area is 232 Å². The summed E-state index contributed by atoms with van der Waals surface area (Å²) in [7, 11) is 0. The molecule has 0 saturated carbocycles. The molecular formula is C30H34N4O6. The molecule has 6 rings (SSSR count). The first-order chi connectivity index (χ1) is 19.3. The van der Waals surface area contributed by atoms with Crippen molar-refractivity contribution >= 4 is 23.0 Å². The molecule has 40 heavy (non-hydrogen) atoms.